The third-order valence-corrected chi connectivity index (χ3v) is 3.50. The first-order valence-corrected chi connectivity index (χ1v) is 6.28. The normalized spacial score (nSPS) is 21.9. The van der Waals surface area contributed by atoms with E-state index in [0.29, 0.717) is 24.7 Å². The molecule has 1 aliphatic heterocycles. The van der Waals surface area contributed by atoms with Crippen molar-refractivity contribution in [3.63, 3.8) is 0 Å². The van der Waals surface area contributed by atoms with Crippen LogP contribution < -0.4 is 4.90 Å². The number of hydrogen-bond donors (Lipinski definition) is 0. The quantitative estimate of drug-likeness (QED) is 0.743. The summed E-state index contributed by atoms with van der Waals surface area (Å²) in [6, 6.07) is 8.79. The van der Waals surface area contributed by atoms with Crippen LogP contribution in [0.3, 0.4) is 0 Å². The molecule has 0 spiro atoms. The minimum Gasteiger partial charge on any atom is -0.368 e. The topological polar surface area (TPSA) is 20.3 Å². The van der Waals surface area contributed by atoms with Crippen LogP contribution >= 0.6 is 22.6 Å². The van der Waals surface area contributed by atoms with Crippen LogP contribution in [0.1, 0.15) is 19.8 Å². The van der Waals surface area contributed by atoms with E-state index in [4.69, 9.17) is 0 Å². The zero-order valence-electron chi connectivity index (χ0n) is 8.74. The van der Waals surface area contributed by atoms with Crippen molar-refractivity contribution in [3.8, 4) is 0 Å². The molecule has 2 nitrogen and oxygen atoms in total. The van der Waals surface area contributed by atoms with Gasteiger partial charge in [-0.05, 0) is 47.7 Å². The second kappa shape index (κ2) is 4.51. The molecule has 1 fully saturated rings. The summed E-state index contributed by atoms with van der Waals surface area (Å²) in [5.74, 6) is 0.393. The van der Waals surface area contributed by atoms with Gasteiger partial charge in [-0.2, -0.15) is 0 Å². The Labute approximate surface area is 104 Å². The average Bonchev–Trinajstić information content (AvgIpc) is 2.17. The average molecular weight is 315 g/mol. The summed E-state index contributed by atoms with van der Waals surface area (Å²) in [6.45, 7) is 2.98. The highest BCUT2D eigenvalue weighted by molar-refractivity contribution is 14.1. The van der Waals surface area contributed by atoms with Crippen molar-refractivity contribution in [1.82, 2.24) is 0 Å². The molecule has 1 aromatic carbocycles. The summed E-state index contributed by atoms with van der Waals surface area (Å²) >= 11 is 2.32. The van der Waals surface area contributed by atoms with Crippen LogP contribution in [0.2, 0.25) is 0 Å². The van der Waals surface area contributed by atoms with E-state index in [1.807, 2.05) is 0 Å². The molecule has 3 heteroatoms. The van der Waals surface area contributed by atoms with Crippen molar-refractivity contribution in [2.45, 2.75) is 25.8 Å². The van der Waals surface area contributed by atoms with Crippen LogP contribution in [0.5, 0.6) is 0 Å². The van der Waals surface area contributed by atoms with Crippen LogP contribution in [-0.2, 0) is 4.79 Å². The molecule has 0 bridgehead atoms. The molecule has 1 aromatic rings. The number of carbonyl (C=O) groups excluding carboxylic acids is 1. The van der Waals surface area contributed by atoms with Crippen molar-refractivity contribution in [2.24, 2.45) is 0 Å². The van der Waals surface area contributed by atoms with Crippen LogP contribution in [0, 0.1) is 3.57 Å². The predicted octanol–water partition coefficient (Wildman–Crippen LogP) is 2.85. The highest BCUT2D eigenvalue weighted by atomic mass is 127. The van der Waals surface area contributed by atoms with E-state index in [-0.39, 0.29) is 0 Å². The highest BCUT2D eigenvalue weighted by Crippen LogP contribution is 2.24. The van der Waals surface area contributed by atoms with Gasteiger partial charge in [-0.3, -0.25) is 4.79 Å². The Bertz CT molecular complexity index is 378. The molecule has 80 valence electrons. The molecule has 0 saturated carbocycles. The van der Waals surface area contributed by atoms with Gasteiger partial charge in [0.15, 0.2) is 0 Å². The number of hydrogen-bond acceptors (Lipinski definition) is 2. The molecule has 0 aromatic heterocycles. The monoisotopic (exact) mass is 315 g/mol. The highest BCUT2D eigenvalue weighted by Gasteiger charge is 2.23. The molecule has 2 rings (SSSR count). The van der Waals surface area contributed by atoms with Crippen LogP contribution in [0.4, 0.5) is 5.69 Å². The minimum atomic E-state index is 0.337. The number of carbonyl (C=O) groups is 1. The lowest BCUT2D eigenvalue weighted by molar-refractivity contribution is -0.120. The number of halogens is 1. The lowest BCUT2D eigenvalue weighted by Gasteiger charge is -2.34. The summed E-state index contributed by atoms with van der Waals surface area (Å²) < 4.78 is 1.24. The zero-order valence-corrected chi connectivity index (χ0v) is 10.9. The van der Waals surface area contributed by atoms with Gasteiger partial charge in [0, 0.05) is 34.7 Å². The maximum absolute atomic E-state index is 11.3. The fraction of sp³-hybridized carbons (Fsp3) is 0.417. The smallest absolute Gasteiger partial charge is 0.136 e. The van der Waals surface area contributed by atoms with Crippen molar-refractivity contribution >= 4 is 34.1 Å². The number of piperidine rings is 1. The van der Waals surface area contributed by atoms with Crippen molar-refractivity contribution < 1.29 is 4.79 Å². The molecule has 0 N–H and O–H groups in total. The summed E-state index contributed by atoms with van der Waals surface area (Å²) in [6.07, 6.45) is 1.38. The molecular weight excluding hydrogens is 301 g/mol. The zero-order chi connectivity index (χ0) is 10.8. The summed E-state index contributed by atoms with van der Waals surface area (Å²) in [5.41, 5.74) is 1.24. The molecule has 0 radical (unpaired) electrons. The minimum absolute atomic E-state index is 0.337. The number of rotatable bonds is 1. The van der Waals surface area contributed by atoms with E-state index in [0.717, 1.165) is 6.54 Å². The van der Waals surface area contributed by atoms with Crippen LogP contribution in [0.25, 0.3) is 0 Å². The molecule has 0 amide bonds. The third-order valence-electron chi connectivity index (χ3n) is 2.83. The van der Waals surface area contributed by atoms with Gasteiger partial charge >= 0.3 is 0 Å². The number of nitrogens with zero attached hydrogens (tertiary/aromatic N) is 1. The maximum atomic E-state index is 11.3. The fourth-order valence-corrected chi connectivity index (χ4v) is 2.57. The van der Waals surface area contributed by atoms with Crippen molar-refractivity contribution in [3.05, 3.63) is 27.8 Å². The van der Waals surface area contributed by atoms with Crippen LogP contribution in [-0.4, -0.2) is 18.4 Å². The van der Waals surface area contributed by atoms with E-state index >= 15 is 0 Å². The molecule has 1 aliphatic rings. The Balaban J connectivity index is 2.20. The number of Topliss-reactive ketones (excluding diaryl/α,β-unsaturated/α-hetero) is 1. The molecule has 1 heterocycles. The van der Waals surface area contributed by atoms with E-state index in [2.05, 4.69) is 58.7 Å². The molecule has 1 unspecified atom stereocenters. The van der Waals surface area contributed by atoms with Gasteiger partial charge in [0.2, 0.25) is 0 Å². The Morgan fingerprint density at radius 1 is 1.47 bits per heavy atom. The van der Waals surface area contributed by atoms with Gasteiger partial charge in [-0.15, -0.1) is 0 Å². The van der Waals surface area contributed by atoms with Gasteiger partial charge in [-0.25, -0.2) is 0 Å². The van der Waals surface area contributed by atoms with E-state index < -0.39 is 0 Å². The van der Waals surface area contributed by atoms with Gasteiger partial charge in [0.25, 0.3) is 0 Å². The molecular formula is C12H14INO. The SMILES string of the molecule is CC1CC(=O)CCN1c1cccc(I)c1. The molecule has 0 aliphatic carbocycles. The third kappa shape index (κ3) is 2.51. The first kappa shape index (κ1) is 10.9. The molecule has 15 heavy (non-hydrogen) atoms. The largest absolute Gasteiger partial charge is 0.368 e. The van der Waals surface area contributed by atoms with Gasteiger partial charge in [0.1, 0.15) is 5.78 Å². The van der Waals surface area contributed by atoms with E-state index in [9.17, 15) is 4.79 Å². The summed E-state index contributed by atoms with van der Waals surface area (Å²) in [4.78, 5) is 13.6. The van der Waals surface area contributed by atoms with Crippen LogP contribution in [0.15, 0.2) is 24.3 Å². The number of ketones is 1. The first-order valence-electron chi connectivity index (χ1n) is 5.21. The Morgan fingerprint density at radius 3 is 2.93 bits per heavy atom. The Kier molecular flexibility index (Phi) is 3.29. The maximum Gasteiger partial charge on any atom is 0.136 e. The van der Waals surface area contributed by atoms with E-state index in [1.165, 1.54) is 9.26 Å². The first-order chi connectivity index (χ1) is 7.16. The lowest BCUT2D eigenvalue weighted by Crippen LogP contribution is -2.41. The number of benzene rings is 1. The number of anilines is 1. The predicted molar refractivity (Wildman–Crippen MR) is 70.2 cm³/mol. The lowest BCUT2D eigenvalue weighted by atomic mass is 10.0. The van der Waals surface area contributed by atoms with Gasteiger partial charge in [0.05, 0.1) is 0 Å². The summed E-state index contributed by atoms with van der Waals surface area (Å²) in [7, 11) is 0. The Hall–Kier alpha value is -0.580. The summed E-state index contributed by atoms with van der Waals surface area (Å²) in [5, 5.41) is 0. The second-order valence-corrected chi connectivity index (χ2v) is 5.26. The molecule has 1 atom stereocenters. The second-order valence-electron chi connectivity index (χ2n) is 4.02. The fourth-order valence-electron chi connectivity index (χ4n) is 2.05. The standard InChI is InChI=1S/C12H14INO/c1-9-7-12(15)5-6-14(9)11-4-2-3-10(13)8-11/h2-4,8-9H,5-7H2,1H3. The van der Waals surface area contributed by atoms with Crippen molar-refractivity contribution in [2.75, 3.05) is 11.4 Å². The van der Waals surface area contributed by atoms with Gasteiger partial charge < -0.3 is 4.90 Å². The van der Waals surface area contributed by atoms with Crippen molar-refractivity contribution in [1.29, 1.82) is 0 Å². The Morgan fingerprint density at radius 2 is 2.27 bits per heavy atom. The molecule has 1 saturated heterocycles. The van der Waals surface area contributed by atoms with E-state index in [1.54, 1.807) is 0 Å². The van der Waals surface area contributed by atoms with Gasteiger partial charge in [-0.1, -0.05) is 6.07 Å².